The van der Waals surface area contributed by atoms with E-state index in [9.17, 15) is 19.5 Å². The number of benzene rings is 1. The van der Waals surface area contributed by atoms with Crippen molar-refractivity contribution < 1.29 is 29.0 Å². The maximum atomic E-state index is 13.4. The Kier molecular flexibility index (Phi) is 22.6. The minimum Gasteiger partial charge on any atom is -0.478 e. The normalized spacial score (nSPS) is 11.0. The van der Waals surface area contributed by atoms with Crippen molar-refractivity contribution in [3.8, 4) is 0 Å². The fourth-order valence-corrected chi connectivity index (χ4v) is 5.30. The summed E-state index contributed by atoms with van der Waals surface area (Å²) in [4.78, 5) is 38.5. The Hall–Kier alpha value is -2.37. The average Bonchev–Trinajstić information content (AvgIpc) is 2.98. The van der Waals surface area contributed by atoms with E-state index in [4.69, 9.17) is 9.47 Å². The van der Waals surface area contributed by atoms with Crippen molar-refractivity contribution in [2.45, 2.75) is 162 Å². The van der Waals surface area contributed by atoms with Crippen LogP contribution in [-0.4, -0.2) is 36.2 Å². The van der Waals surface area contributed by atoms with Crippen LogP contribution in [0, 0.1) is 0 Å². The summed E-state index contributed by atoms with van der Waals surface area (Å²) in [6.45, 7) is 7.11. The number of aryl methyl sites for hydroxylation is 1. The van der Waals surface area contributed by atoms with Gasteiger partial charge in [0.1, 0.15) is 0 Å². The monoisotopic (exact) mass is 588 g/mol. The molecule has 0 saturated carbocycles. The molecule has 0 aromatic heterocycles. The van der Waals surface area contributed by atoms with E-state index < -0.39 is 17.9 Å². The number of hydrogen-bond acceptors (Lipinski definition) is 5. The van der Waals surface area contributed by atoms with Gasteiger partial charge in [-0.05, 0) is 43.4 Å². The molecule has 0 unspecified atom stereocenters. The summed E-state index contributed by atoms with van der Waals surface area (Å²) < 4.78 is 11.2. The summed E-state index contributed by atoms with van der Waals surface area (Å²) in [5.74, 6) is -2.33. The lowest BCUT2D eigenvalue weighted by Crippen LogP contribution is -2.19. The molecule has 0 atom stereocenters. The van der Waals surface area contributed by atoms with Gasteiger partial charge < -0.3 is 14.6 Å². The molecule has 1 N–H and O–H groups in total. The molecule has 1 aromatic carbocycles. The molecular weight excluding hydrogens is 528 g/mol. The molecule has 0 radical (unpaired) electrons. The maximum absolute atomic E-state index is 13.4. The number of aromatic carboxylic acids is 1. The quantitative estimate of drug-likeness (QED) is 0.0812. The van der Waals surface area contributed by atoms with Gasteiger partial charge in [-0.25, -0.2) is 14.4 Å². The topological polar surface area (TPSA) is 89.9 Å². The van der Waals surface area contributed by atoms with Gasteiger partial charge in [0.2, 0.25) is 0 Å². The van der Waals surface area contributed by atoms with E-state index in [0.29, 0.717) is 12.0 Å². The number of carboxylic acid groups (broad SMARTS) is 1. The zero-order valence-corrected chi connectivity index (χ0v) is 27.1. The Morgan fingerprint density at radius 2 is 0.952 bits per heavy atom. The van der Waals surface area contributed by atoms with E-state index in [1.54, 1.807) is 6.07 Å². The third kappa shape index (κ3) is 16.9. The van der Waals surface area contributed by atoms with Gasteiger partial charge in [-0.15, -0.1) is 0 Å². The number of rotatable bonds is 27. The molecule has 0 fully saturated rings. The molecule has 0 heterocycles. The Morgan fingerprint density at radius 1 is 0.548 bits per heavy atom. The van der Waals surface area contributed by atoms with Crippen LogP contribution < -0.4 is 0 Å². The highest BCUT2D eigenvalue weighted by Crippen LogP contribution is 2.24. The number of carbonyl (C=O) groups is 3. The van der Waals surface area contributed by atoms with Crippen LogP contribution in [0.5, 0.6) is 0 Å². The van der Waals surface area contributed by atoms with Crippen LogP contribution in [0.2, 0.25) is 0 Å². The molecule has 0 aliphatic heterocycles. The Labute approximate surface area is 256 Å². The van der Waals surface area contributed by atoms with Crippen LogP contribution in [0.1, 0.15) is 192 Å². The third-order valence-electron chi connectivity index (χ3n) is 7.90. The molecule has 240 valence electrons. The minimum absolute atomic E-state index is 0.000510. The van der Waals surface area contributed by atoms with E-state index >= 15 is 0 Å². The van der Waals surface area contributed by atoms with Crippen LogP contribution in [0.4, 0.5) is 0 Å². The molecule has 0 spiro atoms. The van der Waals surface area contributed by atoms with Gasteiger partial charge in [-0.3, -0.25) is 0 Å². The fourth-order valence-electron chi connectivity index (χ4n) is 5.30. The van der Waals surface area contributed by atoms with Crippen molar-refractivity contribution in [2.75, 3.05) is 13.2 Å². The summed E-state index contributed by atoms with van der Waals surface area (Å²) in [6.07, 6.45) is 23.8. The Morgan fingerprint density at radius 3 is 1.40 bits per heavy atom. The third-order valence-corrected chi connectivity index (χ3v) is 7.90. The first-order chi connectivity index (χ1) is 20.5. The summed E-state index contributed by atoms with van der Waals surface area (Å²) in [5, 5.41) is 9.78. The van der Waals surface area contributed by atoms with Gasteiger partial charge >= 0.3 is 17.9 Å². The molecule has 42 heavy (non-hydrogen) atoms. The van der Waals surface area contributed by atoms with E-state index in [1.165, 1.54) is 70.3 Å². The molecule has 6 heteroatoms. The lowest BCUT2D eigenvalue weighted by Gasteiger charge is -2.16. The summed E-state index contributed by atoms with van der Waals surface area (Å²) in [5.41, 5.74) is 0.759. The van der Waals surface area contributed by atoms with E-state index in [-0.39, 0.29) is 29.9 Å². The molecule has 0 saturated heterocycles. The second kappa shape index (κ2) is 25.2. The summed E-state index contributed by atoms with van der Waals surface area (Å²) >= 11 is 0. The highest BCUT2D eigenvalue weighted by Gasteiger charge is 2.26. The average molecular weight is 589 g/mol. The van der Waals surface area contributed by atoms with Crippen LogP contribution in [0.15, 0.2) is 12.1 Å². The molecule has 1 aromatic rings. The van der Waals surface area contributed by atoms with Crippen LogP contribution >= 0.6 is 0 Å². The predicted molar refractivity (Wildman–Crippen MR) is 172 cm³/mol. The number of carbonyl (C=O) groups excluding carboxylic acids is 2. The maximum Gasteiger partial charge on any atom is 0.339 e. The second-order valence-electron chi connectivity index (χ2n) is 11.7. The van der Waals surface area contributed by atoms with E-state index in [0.717, 1.165) is 70.6 Å². The van der Waals surface area contributed by atoms with Crippen LogP contribution in [0.3, 0.4) is 0 Å². The molecule has 0 aliphatic rings. The number of ether oxygens (including phenoxy) is 2. The van der Waals surface area contributed by atoms with E-state index in [1.807, 2.05) is 0 Å². The largest absolute Gasteiger partial charge is 0.478 e. The van der Waals surface area contributed by atoms with Crippen molar-refractivity contribution in [3.05, 3.63) is 34.4 Å². The van der Waals surface area contributed by atoms with Gasteiger partial charge in [0.25, 0.3) is 0 Å². The standard InChI is InChI=1S/C36H60O6/c1-4-7-10-13-15-16-17-19-22-25-30-28-31(34(37)38)29-32(35(39)41-26-23-20-12-9-6-3)33(30)36(40)42-27-24-21-18-14-11-8-5-2/h28-29H,4-27H2,1-3H3,(H,37,38). The molecule has 1 rings (SSSR count). The summed E-state index contributed by atoms with van der Waals surface area (Å²) in [6, 6.07) is 2.82. The Balaban J connectivity index is 2.93. The minimum atomic E-state index is -1.13. The molecule has 6 nitrogen and oxygen atoms in total. The van der Waals surface area contributed by atoms with Crippen molar-refractivity contribution in [1.82, 2.24) is 0 Å². The van der Waals surface area contributed by atoms with E-state index in [2.05, 4.69) is 20.8 Å². The molecule has 0 bridgehead atoms. The fraction of sp³-hybridized carbons (Fsp3) is 0.750. The SMILES string of the molecule is CCCCCCCCCCCc1cc(C(=O)O)cc(C(=O)OCCCCCCC)c1C(=O)OCCCCCCCCC. The number of carboxylic acids is 1. The molecule has 0 amide bonds. The van der Waals surface area contributed by atoms with Crippen molar-refractivity contribution >= 4 is 17.9 Å². The zero-order chi connectivity index (χ0) is 30.8. The molecular formula is C36H60O6. The number of esters is 2. The van der Waals surface area contributed by atoms with Gasteiger partial charge in [0.05, 0.1) is 29.9 Å². The van der Waals surface area contributed by atoms with Gasteiger partial charge in [-0.1, -0.05) is 136 Å². The Bertz CT molecular complexity index is 878. The van der Waals surface area contributed by atoms with Gasteiger partial charge in [0.15, 0.2) is 0 Å². The van der Waals surface area contributed by atoms with Gasteiger partial charge in [0, 0.05) is 0 Å². The van der Waals surface area contributed by atoms with Crippen molar-refractivity contribution in [2.24, 2.45) is 0 Å². The summed E-state index contributed by atoms with van der Waals surface area (Å²) in [7, 11) is 0. The van der Waals surface area contributed by atoms with Crippen LogP contribution in [-0.2, 0) is 15.9 Å². The highest BCUT2D eigenvalue weighted by atomic mass is 16.5. The lowest BCUT2D eigenvalue weighted by atomic mass is 9.93. The zero-order valence-electron chi connectivity index (χ0n) is 27.1. The number of unbranched alkanes of at least 4 members (excludes halogenated alkanes) is 18. The first-order valence-electron chi connectivity index (χ1n) is 17.2. The first kappa shape index (κ1) is 37.7. The predicted octanol–water partition coefficient (Wildman–Crippen LogP) is 10.5. The first-order valence-corrected chi connectivity index (χ1v) is 17.2. The highest BCUT2D eigenvalue weighted by molar-refractivity contribution is 6.06. The van der Waals surface area contributed by atoms with Crippen molar-refractivity contribution in [3.63, 3.8) is 0 Å². The second-order valence-corrected chi connectivity index (χ2v) is 11.7. The smallest absolute Gasteiger partial charge is 0.339 e. The molecule has 0 aliphatic carbocycles. The van der Waals surface area contributed by atoms with Crippen LogP contribution in [0.25, 0.3) is 0 Å². The van der Waals surface area contributed by atoms with Gasteiger partial charge in [-0.2, -0.15) is 0 Å². The lowest BCUT2D eigenvalue weighted by molar-refractivity contribution is 0.0448. The van der Waals surface area contributed by atoms with Crippen molar-refractivity contribution in [1.29, 1.82) is 0 Å². The number of hydrogen-bond donors (Lipinski definition) is 1.